The number of halogens is 6. The summed E-state index contributed by atoms with van der Waals surface area (Å²) in [5.74, 6) is 0.635. The van der Waals surface area contributed by atoms with Gasteiger partial charge in [0.05, 0.1) is 23.1 Å². The van der Waals surface area contributed by atoms with Gasteiger partial charge in [-0.3, -0.25) is 4.79 Å². The zero-order valence-corrected chi connectivity index (χ0v) is 17.9. The third-order valence-corrected chi connectivity index (χ3v) is 5.28. The molecule has 0 atom stereocenters. The van der Waals surface area contributed by atoms with Gasteiger partial charge < -0.3 is 14.8 Å². The van der Waals surface area contributed by atoms with Crippen LogP contribution in [0.5, 0.6) is 11.5 Å². The van der Waals surface area contributed by atoms with Crippen LogP contribution < -0.4 is 14.8 Å². The minimum absolute atomic E-state index is 0.0592. The van der Waals surface area contributed by atoms with E-state index in [-0.39, 0.29) is 17.6 Å². The van der Waals surface area contributed by atoms with E-state index in [1.54, 1.807) is 19.2 Å². The largest absolute Gasteiger partial charge is 0.493 e. The Hall–Kier alpha value is -3.15. The molecule has 1 amide bonds. The van der Waals surface area contributed by atoms with Crippen molar-refractivity contribution in [3.63, 3.8) is 0 Å². The summed E-state index contributed by atoms with van der Waals surface area (Å²) in [6.07, 6.45) is -8.30. The lowest BCUT2D eigenvalue weighted by atomic mass is 10.0. The van der Waals surface area contributed by atoms with Gasteiger partial charge >= 0.3 is 17.6 Å². The zero-order chi connectivity index (χ0) is 24.4. The summed E-state index contributed by atoms with van der Waals surface area (Å²) in [5, 5.41) is 2.38. The van der Waals surface area contributed by atoms with Crippen molar-refractivity contribution in [3.05, 3.63) is 63.6 Å². The first kappa shape index (κ1) is 24.5. The molecule has 0 bridgehead atoms. The second kappa shape index (κ2) is 9.38. The Bertz CT molecular complexity index is 1130. The fourth-order valence-electron chi connectivity index (χ4n) is 2.93. The SMILES string of the molecule is CNC1=NC(=O)SC1=Cc1ccc(OC)c(OCc2ccc(C(F)(F)F)cc2C(F)(F)F)c1. The van der Waals surface area contributed by atoms with E-state index in [9.17, 15) is 31.1 Å². The summed E-state index contributed by atoms with van der Waals surface area (Å²) < 4.78 is 89.4. The Morgan fingerprint density at radius 2 is 1.76 bits per heavy atom. The summed E-state index contributed by atoms with van der Waals surface area (Å²) in [7, 11) is 2.92. The van der Waals surface area contributed by atoms with Crippen LogP contribution in [0.25, 0.3) is 6.08 Å². The summed E-state index contributed by atoms with van der Waals surface area (Å²) >= 11 is 0.894. The zero-order valence-electron chi connectivity index (χ0n) is 17.1. The molecule has 0 fully saturated rings. The number of ether oxygens (including phenoxy) is 2. The molecule has 0 spiro atoms. The fraction of sp³-hybridized carbons (Fsp3) is 0.238. The summed E-state index contributed by atoms with van der Waals surface area (Å²) in [6, 6.07) is 5.98. The van der Waals surface area contributed by atoms with Crippen LogP contribution in [-0.4, -0.2) is 25.2 Å². The van der Waals surface area contributed by atoms with Crippen LogP contribution in [0, 0.1) is 0 Å². The average Bonchev–Trinajstić information content (AvgIpc) is 3.10. The summed E-state index contributed by atoms with van der Waals surface area (Å²) in [4.78, 5) is 15.8. The van der Waals surface area contributed by atoms with Crippen molar-refractivity contribution < 1.29 is 40.6 Å². The van der Waals surface area contributed by atoms with E-state index in [2.05, 4.69) is 10.3 Å². The average molecular weight is 490 g/mol. The molecule has 2 aromatic carbocycles. The first-order chi connectivity index (χ1) is 15.4. The quantitative estimate of drug-likeness (QED) is 0.511. The maximum Gasteiger partial charge on any atom is 0.416 e. The lowest BCUT2D eigenvalue weighted by Crippen LogP contribution is -2.16. The number of thioether (sulfide) groups is 1. The van der Waals surface area contributed by atoms with Crippen molar-refractivity contribution in [3.8, 4) is 11.5 Å². The maximum atomic E-state index is 13.4. The standard InChI is InChI=1S/C21H16F6N2O3S/c1-28-18-17(33-19(30)29-18)8-11-3-6-15(31-2)16(7-11)32-10-12-4-5-13(20(22,23)24)9-14(12)21(25,26)27/h3-9H,10H2,1-2H3,(H,28,29,30). The number of rotatable bonds is 5. The number of benzene rings is 2. The number of carbonyl (C=O) groups is 1. The molecule has 33 heavy (non-hydrogen) atoms. The van der Waals surface area contributed by atoms with Crippen molar-refractivity contribution in [2.45, 2.75) is 19.0 Å². The Balaban J connectivity index is 1.91. The molecule has 0 saturated heterocycles. The van der Waals surface area contributed by atoms with Crippen molar-refractivity contribution in [1.82, 2.24) is 5.32 Å². The first-order valence-corrected chi connectivity index (χ1v) is 10.0. The van der Waals surface area contributed by atoms with Crippen LogP contribution >= 0.6 is 11.8 Å². The number of likely N-dealkylation sites (N-methyl/N-ethyl adjacent to an activating group) is 1. The van der Waals surface area contributed by atoms with Gasteiger partial charge in [0.15, 0.2) is 11.5 Å². The van der Waals surface area contributed by atoms with Crippen molar-refractivity contribution in [2.24, 2.45) is 4.99 Å². The highest BCUT2D eigenvalue weighted by Gasteiger charge is 2.38. The Morgan fingerprint density at radius 3 is 2.36 bits per heavy atom. The molecule has 0 unspecified atom stereocenters. The van der Waals surface area contributed by atoms with Gasteiger partial charge in [-0.1, -0.05) is 12.1 Å². The van der Waals surface area contributed by atoms with Gasteiger partial charge in [-0.2, -0.15) is 31.3 Å². The fourth-order valence-corrected chi connectivity index (χ4v) is 3.70. The van der Waals surface area contributed by atoms with Crippen molar-refractivity contribution in [1.29, 1.82) is 0 Å². The number of alkyl halides is 6. The monoisotopic (exact) mass is 490 g/mol. The summed E-state index contributed by atoms with van der Waals surface area (Å²) in [5.41, 5.74) is -2.78. The minimum Gasteiger partial charge on any atom is -0.493 e. The topological polar surface area (TPSA) is 59.9 Å². The third kappa shape index (κ3) is 5.81. The van der Waals surface area contributed by atoms with Gasteiger partial charge in [0.2, 0.25) is 0 Å². The van der Waals surface area contributed by atoms with Crippen LogP contribution in [0.4, 0.5) is 31.1 Å². The molecule has 1 heterocycles. The molecule has 5 nitrogen and oxygen atoms in total. The van der Waals surface area contributed by atoms with E-state index in [1.165, 1.54) is 19.2 Å². The molecular formula is C21H16F6N2O3S. The predicted octanol–water partition coefficient (Wildman–Crippen LogP) is 6.14. The first-order valence-electron chi connectivity index (χ1n) is 9.21. The van der Waals surface area contributed by atoms with E-state index in [0.717, 1.165) is 17.8 Å². The Labute approximate surface area is 188 Å². The number of aliphatic imine (C=N–C) groups is 1. The number of amides is 1. The Morgan fingerprint density at radius 1 is 1.03 bits per heavy atom. The summed E-state index contributed by atoms with van der Waals surface area (Å²) in [6.45, 7) is -0.653. The lowest BCUT2D eigenvalue weighted by Gasteiger charge is -2.17. The molecule has 3 rings (SSSR count). The molecule has 1 N–H and O–H groups in total. The number of methoxy groups -OCH3 is 1. The van der Waals surface area contributed by atoms with Crippen molar-refractivity contribution >= 4 is 28.9 Å². The van der Waals surface area contributed by atoms with Crippen LogP contribution in [0.15, 0.2) is 46.3 Å². The van der Waals surface area contributed by atoms with Crippen LogP contribution in [-0.2, 0) is 19.0 Å². The van der Waals surface area contributed by atoms with Gasteiger partial charge in [0.1, 0.15) is 12.4 Å². The molecule has 0 radical (unpaired) electrons. The molecule has 2 aromatic rings. The van der Waals surface area contributed by atoms with Crippen LogP contribution in [0.2, 0.25) is 0 Å². The van der Waals surface area contributed by atoms with Gasteiger partial charge in [-0.15, -0.1) is 0 Å². The number of nitrogens with one attached hydrogen (secondary N) is 1. The molecule has 12 heteroatoms. The molecule has 1 aliphatic rings. The number of nitrogens with zero attached hydrogens (tertiary/aromatic N) is 1. The third-order valence-electron chi connectivity index (χ3n) is 4.48. The van der Waals surface area contributed by atoms with Gasteiger partial charge in [-0.25, -0.2) is 0 Å². The molecule has 0 saturated carbocycles. The van der Waals surface area contributed by atoms with Crippen LogP contribution in [0.1, 0.15) is 22.3 Å². The van der Waals surface area contributed by atoms with Gasteiger partial charge in [0, 0.05) is 12.6 Å². The van der Waals surface area contributed by atoms with E-state index in [4.69, 9.17) is 9.47 Å². The molecule has 176 valence electrons. The highest BCUT2D eigenvalue weighted by molar-refractivity contribution is 8.18. The van der Waals surface area contributed by atoms with E-state index in [1.807, 2.05) is 0 Å². The molecule has 0 aliphatic carbocycles. The highest BCUT2D eigenvalue weighted by Crippen LogP contribution is 2.38. The van der Waals surface area contributed by atoms with Crippen LogP contribution in [0.3, 0.4) is 0 Å². The lowest BCUT2D eigenvalue weighted by molar-refractivity contribution is -0.143. The van der Waals surface area contributed by atoms with E-state index >= 15 is 0 Å². The predicted molar refractivity (Wildman–Crippen MR) is 111 cm³/mol. The second-order valence-corrected chi connectivity index (χ2v) is 7.65. The van der Waals surface area contributed by atoms with E-state index in [0.29, 0.717) is 22.4 Å². The normalized spacial score (nSPS) is 15.6. The number of carbonyl (C=O) groups excluding carboxylic acids is 1. The maximum absolute atomic E-state index is 13.4. The van der Waals surface area contributed by atoms with Gasteiger partial charge in [0.25, 0.3) is 0 Å². The number of amidine groups is 1. The smallest absolute Gasteiger partial charge is 0.416 e. The molecular weight excluding hydrogens is 474 g/mol. The number of hydrogen-bond acceptors (Lipinski definition) is 5. The number of hydrogen-bond donors (Lipinski definition) is 1. The van der Waals surface area contributed by atoms with Crippen molar-refractivity contribution in [2.75, 3.05) is 14.2 Å². The highest BCUT2D eigenvalue weighted by atomic mass is 32.2. The molecule has 0 aromatic heterocycles. The van der Waals surface area contributed by atoms with Gasteiger partial charge in [-0.05, 0) is 47.7 Å². The van der Waals surface area contributed by atoms with E-state index < -0.39 is 40.9 Å². The Kier molecular flexibility index (Phi) is 6.96. The second-order valence-electron chi connectivity index (χ2n) is 6.65. The minimum atomic E-state index is -5.01. The molecule has 1 aliphatic heterocycles.